The number of carbonyl (C=O) groups is 1. The molecule has 1 N–H and O–H groups in total. The molecule has 1 heterocycles. The first-order valence-electron chi connectivity index (χ1n) is 8.52. The summed E-state index contributed by atoms with van der Waals surface area (Å²) in [5.74, 6) is 1.25. The van der Waals surface area contributed by atoms with Gasteiger partial charge in [-0.15, -0.1) is 0 Å². The summed E-state index contributed by atoms with van der Waals surface area (Å²) in [6.45, 7) is 6.62. The number of ether oxygens (including phenoxy) is 1. The Morgan fingerprint density at radius 3 is 2.65 bits per heavy atom. The molecule has 1 amide bonds. The molecule has 1 aromatic heterocycles. The highest BCUT2D eigenvalue weighted by atomic mass is 16.5. The molecule has 0 radical (unpaired) electrons. The lowest BCUT2D eigenvalue weighted by molar-refractivity contribution is 0.0950. The Morgan fingerprint density at radius 2 is 1.92 bits per heavy atom. The lowest BCUT2D eigenvalue weighted by Crippen LogP contribution is -2.23. The molecule has 0 saturated heterocycles. The largest absolute Gasteiger partial charge is 0.489 e. The van der Waals surface area contributed by atoms with E-state index in [1.807, 2.05) is 57.2 Å². The quantitative estimate of drug-likeness (QED) is 0.727. The van der Waals surface area contributed by atoms with Crippen molar-refractivity contribution in [1.82, 2.24) is 10.5 Å². The van der Waals surface area contributed by atoms with Crippen LogP contribution in [0.1, 0.15) is 38.5 Å². The number of hydrogen-bond donors (Lipinski definition) is 1. The Balaban J connectivity index is 1.63. The SMILES string of the molecule is Cc1ccccc1CNC(=O)c1cccc(OCc2c(C)noc2C)c1. The Kier molecular flexibility index (Phi) is 5.37. The second-order valence-corrected chi connectivity index (χ2v) is 6.23. The van der Waals surface area contributed by atoms with Gasteiger partial charge in [0.25, 0.3) is 5.91 Å². The van der Waals surface area contributed by atoms with E-state index >= 15 is 0 Å². The van der Waals surface area contributed by atoms with Crippen LogP contribution in [0.3, 0.4) is 0 Å². The van der Waals surface area contributed by atoms with Crippen LogP contribution in [0.4, 0.5) is 0 Å². The number of aryl methyl sites for hydroxylation is 3. The zero-order chi connectivity index (χ0) is 18.5. The van der Waals surface area contributed by atoms with Crippen LogP contribution in [-0.4, -0.2) is 11.1 Å². The molecule has 134 valence electrons. The van der Waals surface area contributed by atoms with Gasteiger partial charge in [-0.05, 0) is 50.1 Å². The molecule has 5 heteroatoms. The molecule has 0 saturated carbocycles. The van der Waals surface area contributed by atoms with Gasteiger partial charge in [-0.2, -0.15) is 0 Å². The van der Waals surface area contributed by atoms with Crippen molar-refractivity contribution >= 4 is 5.91 Å². The normalized spacial score (nSPS) is 10.6. The maximum absolute atomic E-state index is 12.4. The average molecular weight is 350 g/mol. The van der Waals surface area contributed by atoms with Crippen LogP contribution in [-0.2, 0) is 13.2 Å². The maximum atomic E-state index is 12.4. The van der Waals surface area contributed by atoms with E-state index in [1.165, 1.54) is 0 Å². The minimum absolute atomic E-state index is 0.129. The van der Waals surface area contributed by atoms with Crippen LogP contribution in [0.2, 0.25) is 0 Å². The van der Waals surface area contributed by atoms with Crippen LogP contribution in [0.15, 0.2) is 53.1 Å². The fraction of sp³-hybridized carbons (Fsp3) is 0.238. The van der Waals surface area contributed by atoms with Gasteiger partial charge in [0.05, 0.1) is 11.3 Å². The first-order valence-corrected chi connectivity index (χ1v) is 8.52. The third kappa shape index (κ3) is 4.11. The van der Waals surface area contributed by atoms with Crippen LogP contribution >= 0.6 is 0 Å². The lowest BCUT2D eigenvalue weighted by Gasteiger charge is -2.10. The second-order valence-electron chi connectivity index (χ2n) is 6.23. The highest BCUT2D eigenvalue weighted by Crippen LogP contribution is 2.18. The molecule has 3 aromatic rings. The van der Waals surface area contributed by atoms with Crippen LogP contribution in [0, 0.1) is 20.8 Å². The van der Waals surface area contributed by atoms with Gasteiger partial charge in [-0.3, -0.25) is 4.79 Å². The Labute approximate surface area is 153 Å². The van der Waals surface area contributed by atoms with Crippen molar-refractivity contribution in [2.75, 3.05) is 0 Å². The summed E-state index contributed by atoms with van der Waals surface area (Å²) in [5, 5.41) is 6.87. The van der Waals surface area contributed by atoms with E-state index in [2.05, 4.69) is 10.5 Å². The van der Waals surface area contributed by atoms with Gasteiger partial charge in [0, 0.05) is 12.1 Å². The molecule has 0 aliphatic heterocycles. The maximum Gasteiger partial charge on any atom is 0.251 e. The smallest absolute Gasteiger partial charge is 0.251 e. The number of nitrogens with zero attached hydrogens (tertiary/aromatic N) is 1. The van der Waals surface area contributed by atoms with E-state index in [-0.39, 0.29) is 5.91 Å². The molecule has 0 fully saturated rings. The van der Waals surface area contributed by atoms with Gasteiger partial charge in [-0.1, -0.05) is 35.5 Å². The summed E-state index contributed by atoms with van der Waals surface area (Å²) in [6, 6.07) is 15.2. The highest BCUT2D eigenvalue weighted by molar-refractivity contribution is 5.94. The van der Waals surface area contributed by atoms with Gasteiger partial charge in [0.2, 0.25) is 0 Å². The van der Waals surface area contributed by atoms with Gasteiger partial charge in [0.1, 0.15) is 18.1 Å². The van der Waals surface area contributed by atoms with Crippen molar-refractivity contribution in [2.45, 2.75) is 33.9 Å². The van der Waals surface area contributed by atoms with Crippen LogP contribution in [0.5, 0.6) is 5.75 Å². The van der Waals surface area contributed by atoms with E-state index in [0.29, 0.717) is 24.5 Å². The highest BCUT2D eigenvalue weighted by Gasteiger charge is 2.11. The van der Waals surface area contributed by atoms with Crippen molar-refractivity contribution in [2.24, 2.45) is 0 Å². The van der Waals surface area contributed by atoms with E-state index in [1.54, 1.807) is 12.1 Å². The predicted molar refractivity (Wildman–Crippen MR) is 99.1 cm³/mol. The first kappa shape index (κ1) is 17.7. The topological polar surface area (TPSA) is 64.4 Å². The Morgan fingerprint density at radius 1 is 1.12 bits per heavy atom. The molecule has 0 spiro atoms. The van der Waals surface area contributed by atoms with Crippen molar-refractivity contribution < 1.29 is 14.1 Å². The second kappa shape index (κ2) is 7.87. The summed E-state index contributed by atoms with van der Waals surface area (Å²) >= 11 is 0. The Hall–Kier alpha value is -3.08. The number of carbonyl (C=O) groups excluding carboxylic acids is 1. The number of benzene rings is 2. The van der Waals surface area contributed by atoms with Gasteiger partial charge < -0.3 is 14.6 Å². The molecule has 26 heavy (non-hydrogen) atoms. The van der Waals surface area contributed by atoms with E-state index in [0.717, 1.165) is 28.1 Å². The number of aromatic nitrogens is 1. The monoisotopic (exact) mass is 350 g/mol. The third-order valence-electron chi connectivity index (χ3n) is 4.36. The molecule has 0 unspecified atom stereocenters. The molecule has 0 aliphatic rings. The van der Waals surface area contributed by atoms with Crippen molar-refractivity contribution in [3.8, 4) is 5.75 Å². The molecule has 2 aromatic carbocycles. The zero-order valence-electron chi connectivity index (χ0n) is 15.2. The molecule has 0 bridgehead atoms. The van der Waals surface area contributed by atoms with Crippen LogP contribution < -0.4 is 10.1 Å². The standard InChI is InChI=1S/C21H22N2O3/c1-14-7-4-5-8-18(14)12-22-21(24)17-9-6-10-19(11-17)25-13-20-15(2)23-26-16(20)3/h4-11H,12-13H2,1-3H3,(H,22,24). The fourth-order valence-electron chi connectivity index (χ4n) is 2.68. The number of rotatable bonds is 6. The molecule has 0 aliphatic carbocycles. The summed E-state index contributed by atoms with van der Waals surface area (Å²) in [5.41, 5.74) is 4.57. The van der Waals surface area contributed by atoms with E-state index < -0.39 is 0 Å². The first-order chi connectivity index (χ1) is 12.5. The van der Waals surface area contributed by atoms with Crippen molar-refractivity contribution in [3.05, 3.63) is 82.2 Å². The van der Waals surface area contributed by atoms with Gasteiger partial charge in [0.15, 0.2) is 0 Å². The van der Waals surface area contributed by atoms with Crippen LogP contribution in [0.25, 0.3) is 0 Å². The lowest BCUT2D eigenvalue weighted by atomic mass is 10.1. The molecule has 3 rings (SSSR count). The fourth-order valence-corrected chi connectivity index (χ4v) is 2.68. The molecule has 5 nitrogen and oxygen atoms in total. The van der Waals surface area contributed by atoms with Crippen molar-refractivity contribution in [1.29, 1.82) is 0 Å². The summed E-state index contributed by atoms with van der Waals surface area (Å²) in [4.78, 5) is 12.4. The average Bonchev–Trinajstić information content (AvgIpc) is 2.97. The number of nitrogens with one attached hydrogen (secondary N) is 1. The summed E-state index contributed by atoms with van der Waals surface area (Å²) in [7, 11) is 0. The van der Waals surface area contributed by atoms with Gasteiger partial charge in [-0.25, -0.2) is 0 Å². The molecule has 0 atom stereocenters. The molecular weight excluding hydrogens is 328 g/mol. The van der Waals surface area contributed by atoms with E-state index in [9.17, 15) is 4.79 Å². The molecular formula is C21H22N2O3. The minimum Gasteiger partial charge on any atom is -0.489 e. The third-order valence-corrected chi connectivity index (χ3v) is 4.36. The minimum atomic E-state index is -0.129. The number of amides is 1. The van der Waals surface area contributed by atoms with Gasteiger partial charge >= 0.3 is 0 Å². The number of hydrogen-bond acceptors (Lipinski definition) is 4. The Bertz CT molecular complexity index is 896. The zero-order valence-corrected chi connectivity index (χ0v) is 15.2. The summed E-state index contributed by atoms with van der Waals surface area (Å²) < 4.78 is 10.9. The van der Waals surface area contributed by atoms with E-state index in [4.69, 9.17) is 9.26 Å². The predicted octanol–water partition coefficient (Wildman–Crippen LogP) is 4.11. The summed E-state index contributed by atoms with van der Waals surface area (Å²) in [6.07, 6.45) is 0. The van der Waals surface area contributed by atoms with Crippen molar-refractivity contribution in [3.63, 3.8) is 0 Å².